The van der Waals surface area contributed by atoms with E-state index in [1.807, 2.05) is 59.4 Å². The molecule has 0 aliphatic rings. The second kappa shape index (κ2) is 20.2. The van der Waals surface area contributed by atoms with Gasteiger partial charge in [-0.3, -0.25) is 4.79 Å². The predicted molar refractivity (Wildman–Crippen MR) is 227 cm³/mol. The van der Waals surface area contributed by atoms with E-state index in [-0.39, 0.29) is 18.1 Å². The van der Waals surface area contributed by atoms with E-state index in [1.54, 1.807) is 12.1 Å². The van der Waals surface area contributed by atoms with Crippen LogP contribution in [-0.4, -0.2) is 17.0 Å². The Morgan fingerprint density at radius 1 is 0.377 bits per heavy atom. The standard InChI is InChI=1S/C32H12BF24.C17H13NO2/c34-25(35,36)13-1-14(26(37,38)39)6-21(5-13)33(22-7-15(27(40,41)42)2-16(8-22)28(43,44)45,23-9-17(29(46,47)48)3-18(10-23)30(49,50)51)24-11-19(31(52,53)54)4-20(12-24)32(55,56)57;19-16-8-4-7-14-11-18(10-9-15(14)16)12-17(20)13-5-2-1-3-6-13/h1-12H;1-11H,12H2/q-1;/p+1. The first-order chi connectivity index (χ1) is 35.0. The summed E-state index contributed by atoms with van der Waals surface area (Å²) in [5.41, 5.74) is -29.5. The van der Waals surface area contributed by atoms with E-state index >= 15 is 0 Å². The van der Waals surface area contributed by atoms with Crippen molar-refractivity contribution in [1.82, 2.24) is 0 Å². The lowest BCUT2D eigenvalue weighted by Crippen LogP contribution is -2.75. The molecule has 28 heteroatoms. The molecular weight excluding hydrogens is 1100 g/mol. The largest absolute Gasteiger partial charge is 0.507 e. The summed E-state index contributed by atoms with van der Waals surface area (Å²) in [6, 6.07) is 7.61. The molecule has 0 aliphatic heterocycles. The molecule has 6 aromatic carbocycles. The Morgan fingerprint density at radius 3 is 0.935 bits per heavy atom. The van der Waals surface area contributed by atoms with Crippen LogP contribution in [-0.2, 0) is 56.0 Å². The number of pyridine rings is 1. The molecule has 0 unspecified atom stereocenters. The third-order valence-corrected chi connectivity index (χ3v) is 11.7. The van der Waals surface area contributed by atoms with Gasteiger partial charge in [-0.25, -0.2) is 0 Å². The average molecular weight is 1130 g/mol. The van der Waals surface area contributed by atoms with Crippen LogP contribution in [0.3, 0.4) is 0 Å². The maximum absolute atomic E-state index is 14.2. The molecule has 7 aromatic rings. The summed E-state index contributed by atoms with van der Waals surface area (Å²) in [5, 5.41) is 11.4. The van der Waals surface area contributed by atoms with Crippen molar-refractivity contribution in [2.75, 3.05) is 0 Å². The van der Waals surface area contributed by atoms with Crippen molar-refractivity contribution in [2.45, 2.75) is 56.0 Å². The summed E-state index contributed by atoms with van der Waals surface area (Å²) in [6.07, 6.45) is -51.1. The van der Waals surface area contributed by atoms with Crippen LogP contribution in [0.25, 0.3) is 10.8 Å². The van der Waals surface area contributed by atoms with Gasteiger partial charge >= 0.3 is 49.4 Å². The van der Waals surface area contributed by atoms with E-state index in [0.29, 0.717) is 5.56 Å². The number of aromatic nitrogens is 1. The molecule has 0 fully saturated rings. The number of ketones is 1. The van der Waals surface area contributed by atoms with Gasteiger partial charge in [-0.1, -0.05) is 84.9 Å². The average Bonchev–Trinajstić information content (AvgIpc) is 3.30. The summed E-state index contributed by atoms with van der Waals surface area (Å²) in [7, 11) is 0. The molecule has 77 heavy (non-hydrogen) atoms. The quantitative estimate of drug-likeness (QED) is 0.0748. The summed E-state index contributed by atoms with van der Waals surface area (Å²) >= 11 is 0. The van der Waals surface area contributed by atoms with Crippen molar-refractivity contribution >= 4 is 44.6 Å². The van der Waals surface area contributed by atoms with Crippen LogP contribution in [0.4, 0.5) is 105 Å². The Kier molecular flexibility index (Phi) is 15.4. The zero-order valence-electron chi connectivity index (χ0n) is 37.4. The molecule has 3 nitrogen and oxygen atoms in total. The summed E-state index contributed by atoms with van der Waals surface area (Å²) < 4.78 is 343. The van der Waals surface area contributed by atoms with Crippen LogP contribution in [0.15, 0.2) is 140 Å². The zero-order valence-corrected chi connectivity index (χ0v) is 37.4. The minimum absolute atomic E-state index is 0.0649. The second-order valence-electron chi connectivity index (χ2n) is 16.9. The van der Waals surface area contributed by atoms with E-state index in [1.165, 1.54) is 0 Å². The van der Waals surface area contributed by atoms with Gasteiger partial charge < -0.3 is 5.11 Å². The zero-order chi connectivity index (χ0) is 57.9. The number of carbonyl (C=O) groups excluding carboxylic acids is 1. The molecule has 0 spiro atoms. The first-order valence-electron chi connectivity index (χ1n) is 21.0. The van der Waals surface area contributed by atoms with Crippen molar-refractivity contribution in [3.05, 3.63) is 190 Å². The van der Waals surface area contributed by atoms with Gasteiger partial charge in [-0.05, 0) is 36.4 Å². The van der Waals surface area contributed by atoms with Gasteiger partial charge in [0, 0.05) is 22.4 Å². The molecule has 7 rings (SSSR count). The van der Waals surface area contributed by atoms with Crippen molar-refractivity contribution < 1.29 is 120 Å². The Hall–Kier alpha value is -7.42. The monoisotopic (exact) mass is 1130 g/mol. The smallest absolute Gasteiger partial charge is 0.416 e. The molecule has 0 saturated carbocycles. The number of Topliss-reactive ketones (excluding diaryl/α,β-unsaturated/α-hetero) is 1. The normalized spacial score (nSPS) is 13.4. The fourth-order valence-electron chi connectivity index (χ4n) is 8.31. The SMILES string of the molecule is FC(F)(F)c1cc([B-](c2cc(C(F)(F)F)cc(C(F)(F)F)c2)(c2cc(C(F)(F)F)cc(C(F)(F)F)c2)c2cc(C(F)(F)F)cc(C(F)(F)F)c2)cc(C(F)(F)F)c1.O=C(C[n+]1ccc2c(O)cccc2c1)c1ccccc1. The molecule has 1 heterocycles. The highest BCUT2D eigenvalue weighted by Crippen LogP contribution is 2.41. The summed E-state index contributed by atoms with van der Waals surface area (Å²) in [6.45, 7) is 0.287. The highest BCUT2D eigenvalue weighted by atomic mass is 19.4. The maximum Gasteiger partial charge on any atom is 0.416 e. The van der Waals surface area contributed by atoms with Crippen LogP contribution >= 0.6 is 0 Å². The fraction of sp³-hybridized carbons (Fsp3) is 0.184. The Balaban J connectivity index is 0.000000397. The number of halogens is 24. The molecule has 1 aromatic heterocycles. The number of hydrogen-bond acceptors (Lipinski definition) is 2. The van der Waals surface area contributed by atoms with Crippen molar-refractivity contribution in [2.24, 2.45) is 0 Å². The predicted octanol–water partition coefficient (Wildman–Crippen LogP) is 13.9. The van der Waals surface area contributed by atoms with Gasteiger partial charge in [-0.2, -0.15) is 132 Å². The molecule has 1 N–H and O–H groups in total. The van der Waals surface area contributed by atoms with Gasteiger partial charge in [0.1, 0.15) is 11.9 Å². The Labute approximate surface area is 415 Å². The van der Waals surface area contributed by atoms with Crippen LogP contribution in [0.2, 0.25) is 0 Å². The molecule has 0 saturated heterocycles. The van der Waals surface area contributed by atoms with Crippen molar-refractivity contribution in [1.29, 1.82) is 0 Å². The number of hydrogen-bond donors (Lipinski definition) is 1. The number of aromatic hydroxyl groups is 1. The van der Waals surface area contributed by atoms with Crippen molar-refractivity contribution in [3.63, 3.8) is 0 Å². The number of phenolic OH excluding ortho intramolecular Hbond substituents is 1. The van der Waals surface area contributed by atoms with E-state index < -0.39 is 195 Å². The lowest BCUT2D eigenvalue weighted by atomic mass is 9.12. The van der Waals surface area contributed by atoms with E-state index in [0.717, 1.165) is 10.8 Å². The third-order valence-electron chi connectivity index (χ3n) is 11.7. The number of fused-ring (bicyclic) bond motifs is 1. The maximum atomic E-state index is 14.2. The first-order valence-corrected chi connectivity index (χ1v) is 21.0. The summed E-state index contributed by atoms with van der Waals surface area (Å²) in [5.74, 6) is 0.319. The van der Waals surface area contributed by atoms with Gasteiger partial charge in [-0.15, -0.1) is 0 Å². The number of phenols is 1. The molecule has 0 atom stereocenters. The number of carbonyl (C=O) groups is 1. The van der Waals surface area contributed by atoms with Crippen LogP contribution in [0.1, 0.15) is 54.9 Å². The van der Waals surface area contributed by atoms with Gasteiger partial charge in [0.25, 0.3) is 0 Å². The van der Waals surface area contributed by atoms with Gasteiger partial charge in [0.2, 0.25) is 12.3 Å². The third kappa shape index (κ3) is 13.2. The fourth-order valence-corrected chi connectivity index (χ4v) is 8.31. The Bertz CT molecular complexity index is 2870. The topological polar surface area (TPSA) is 41.2 Å². The highest BCUT2D eigenvalue weighted by Gasteiger charge is 2.47. The summed E-state index contributed by atoms with van der Waals surface area (Å²) in [4.78, 5) is 12.1. The highest BCUT2D eigenvalue weighted by molar-refractivity contribution is 7.20. The molecular formula is C49H26BF24NO2. The van der Waals surface area contributed by atoms with Crippen LogP contribution in [0.5, 0.6) is 5.75 Å². The van der Waals surface area contributed by atoms with Gasteiger partial charge in [0.15, 0.2) is 12.4 Å². The lowest BCUT2D eigenvalue weighted by Gasteiger charge is -2.46. The van der Waals surface area contributed by atoms with E-state index in [4.69, 9.17) is 0 Å². The van der Waals surface area contributed by atoms with Crippen LogP contribution < -0.4 is 26.4 Å². The van der Waals surface area contributed by atoms with E-state index in [9.17, 15) is 115 Å². The van der Waals surface area contributed by atoms with Gasteiger partial charge in [0.05, 0.1) is 44.5 Å². The molecule has 410 valence electrons. The molecule has 0 radical (unpaired) electrons. The number of nitrogens with zero attached hydrogens (tertiary/aromatic N) is 1. The minimum Gasteiger partial charge on any atom is -0.507 e. The number of rotatable bonds is 7. The second-order valence-corrected chi connectivity index (χ2v) is 16.9. The number of alkyl halides is 24. The first kappa shape index (κ1) is 58.8. The van der Waals surface area contributed by atoms with Crippen LogP contribution in [0, 0.1) is 0 Å². The molecule has 0 amide bonds. The van der Waals surface area contributed by atoms with E-state index in [2.05, 4.69) is 0 Å². The molecule has 0 aliphatic carbocycles. The minimum atomic E-state index is -6.13. The lowest BCUT2D eigenvalue weighted by molar-refractivity contribution is -0.681. The Morgan fingerprint density at radius 2 is 0.662 bits per heavy atom. The van der Waals surface area contributed by atoms with Crippen molar-refractivity contribution in [3.8, 4) is 5.75 Å². The molecule has 0 bridgehead atoms. The number of benzene rings is 6.